The van der Waals surface area contributed by atoms with Crippen LogP contribution in [0.2, 0.25) is 0 Å². The molecule has 19 heavy (non-hydrogen) atoms. The van der Waals surface area contributed by atoms with Crippen molar-refractivity contribution >= 4 is 27.9 Å². The molecule has 0 fully saturated rings. The van der Waals surface area contributed by atoms with Crippen LogP contribution in [-0.4, -0.2) is 0 Å². The first-order valence-corrected chi connectivity index (χ1v) is 13.2. The second-order valence-corrected chi connectivity index (χ2v) is 13.6. The summed E-state index contributed by atoms with van der Waals surface area (Å²) in [5.41, 5.74) is 6.34. The van der Waals surface area contributed by atoms with Gasteiger partial charge >= 0.3 is 42.6 Å². The molecule has 2 rings (SSSR count). The van der Waals surface area contributed by atoms with Crippen LogP contribution in [0.1, 0.15) is 61.8 Å². The molecule has 4 atom stereocenters. The molecule has 0 radical (unpaired) electrons. The Morgan fingerprint density at radius 1 is 1.00 bits per heavy atom. The minimum atomic E-state index is -1.92. The van der Waals surface area contributed by atoms with Gasteiger partial charge in [-0.15, -0.1) is 0 Å². The monoisotopic (exact) mass is 356 g/mol. The molecule has 0 N–H and O–H groups in total. The Balaban J connectivity index is 0.000000399. The van der Waals surface area contributed by atoms with Crippen molar-refractivity contribution in [1.82, 2.24) is 0 Å². The van der Waals surface area contributed by atoms with Crippen LogP contribution in [0.25, 0.3) is 0 Å². The van der Waals surface area contributed by atoms with Crippen molar-refractivity contribution in [3.8, 4) is 0 Å². The zero-order chi connectivity index (χ0) is 14.9. The van der Waals surface area contributed by atoms with Crippen molar-refractivity contribution in [2.45, 2.75) is 53.4 Å². The van der Waals surface area contributed by atoms with E-state index in [2.05, 4.69) is 47.6 Å². The number of hydrogen-bond acceptors (Lipinski definition) is 0. The van der Waals surface area contributed by atoms with Gasteiger partial charge in [0.15, 0.2) is 0 Å². The summed E-state index contributed by atoms with van der Waals surface area (Å²) in [7, 11) is 14.9. The van der Waals surface area contributed by atoms with E-state index in [9.17, 15) is 0 Å². The maximum atomic E-state index is 4.97. The van der Waals surface area contributed by atoms with E-state index in [-0.39, 0.29) is 0 Å². The van der Waals surface area contributed by atoms with Gasteiger partial charge in [-0.25, -0.2) is 0 Å². The van der Waals surface area contributed by atoms with Crippen LogP contribution in [-0.2, 0) is 14.7 Å². The minimum absolute atomic E-state index is 0.736. The molecule has 0 amide bonds. The molecule has 1 aliphatic rings. The summed E-state index contributed by atoms with van der Waals surface area (Å²) < 4.78 is 0. The van der Waals surface area contributed by atoms with Crippen molar-refractivity contribution in [1.29, 1.82) is 0 Å². The van der Waals surface area contributed by atoms with Crippen LogP contribution < -0.4 is 0 Å². The van der Waals surface area contributed by atoms with Crippen LogP contribution in [0.15, 0.2) is 6.07 Å². The fourth-order valence-electron chi connectivity index (χ4n) is 3.55. The first kappa shape index (κ1) is 18.0. The predicted octanol–water partition coefficient (Wildman–Crippen LogP) is 6.58. The third-order valence-electron chi connectivity index (χ3n) is 4.89. The van der Waals surface area contributed by atoms with Crippen molar-refractivity contribution in [2.24, 2.45) is 11.8 Å². The van der Waals surface area contributed by atoms with Crippen molar-refractivity contribution in [2.75, 3.05) is 0 Å². The maximum absolute atomic E-state index is 4.97. The summed E-state index contributed by atoms with van der Waals surface area (Å²) in [6.45, 7) is 14.2. The van der Waals surface area contributed by atoms with Gasteiger partial charge in [-0.3, -0.25) is 0 Å². The topological polar surface area (TPSA) is 0 Å². The summed E-state index contributed by atoms with van der Waals surface area (Å²) in [4.78, 5) is 0. The second kappa shape index (κ2) is 7.27. The molecular weight excluding hydrogens is 334 g/mol. The number of halogens is 3. The Morgan fingerprint density at radius 2 is 1.42 bits per heavy atom. The molecule has 4 unspecified atom stereocenters. The first-order valence-electron chi connectivity index (χ1n) is 6.78. The number of rotatable bonds is 0. The molecule has 0 nitrogen and oxygen atoms in total. The van der Waals surface area contributed by atoms with Crippen LogP contribution in [0, 0.1) is 25.7 Å². The first-order chi connectivity index (χ1) is 8.68. The summed E-state index contributed by atoms with van der Waals surface area (Å²) in [6, 6.07) is 2.38. The molecule has 0 bridgehead atoms. The zero-order valence-electron chi connectivity index (χ0n) is 12.5. The summed E-state index contributed by atoms with van der Waals surface area (Å²) in [5.74, 6) is 3.10. The molecule has 1 aliphatic carbocycles. The average Bonchev–Trinajstić information content (AvgIpc) is 2.58. The van der Waals surface area contributed by atoms with E-state index in [0.717, 1.165) is 23.7 Å². The Morgan fingerprint density at radius 3 is 1.89 bits per heavy atom. The van der Waals surface area contributed by atoms with Gasteiger partial charge in [0.25, 0.3) is 0 Å². The third-order valence-corrected chi connectivity index (χ3v) is 4.89. The van der Waals surface area contributed by atoms with Gasteiger partial charge < -0.3 is 0 Å². The molecule has 108 valence electrons. The Hall–Kier alpha value is 0.934. The van der Waals surface area contributed by atoms with E-state index in [4.69, 9.17) is 27.9 Å². The van der Waals surface area contributed by atoms with E-state index < -0.39 is 14.7 Å². The van der Waals surface area contributed by atoms with Crippen LogP contribution >= 0.6 is 27.9 Å². The molecule has 1 aromatic rings. The van der Waals surface area contributed by atoms with Crippen molar-refractivity contribution in [3.63, 3.8) is 0 Å². The van der Waals surface area contributed by atoms with Gasteiger partial charge in [0, 0.05) is 0 Å². The van der Waals surface area contributed by atoms with Gasteiger partial charge in [-0.05, 0) is 17.8 Å². The van der Waals surface area contributed by atoms with Crippen molar-refractivity contribution in [3.05, 3.63) is 28.3 Å². The number of aryl methyl sites for hydroxylation is 2. The number of hydrogen-bond donors (Lipinski definition) is 0. The molecule has 0 heterocycles. The SMILES string of the molecule is Cc1c[c-](C)c2c1C(C)C(C)C(C)C2C.[Cl][Ti+]([Cl])[Cl]. The predicted molar refractivity (Wildman–Crippen MR) is 84.2 cm³/mol. The van der Waals surface area contributed by atoms with Gasteiger partial charge in [0.05, 0.1) is 0 Å². The van der Waals surface area contributed by atoms with E-state index in [1.165, 1.54) is 11.1 Å². The standard InChI is InChI=1S/C15H23.3ClH.Ti/c1-8-7-9(2)15-13(6)11(4)10(3)12(5)14(8)15;;;;/h7,10-13H,1-6H3;3*1H;/q-1;;;;+4/p-3. The fraction of sp³-hybridized carbons (Fsp3) is 0.667. The van der Waals surface area contributed by atoms with Crippen LogP contribution in [0.3, 0.4) is 0 Å². The van der Waals surface area contributed by atoms with Gasteiger partial charge in [0.2, 0.25) is 0 Å². The Kier molecular flexibility index (Phi) is 6.89. The van der Waals surface area contributed by atoms with Gasteiger partial charge in [-0.2, -0.15) is 28.3 Å². The Labute approximate surface area is 135 Å². The summed E-state index contributed by atoms with van der Waals surface area (Å²) >= 11 is -1.92. The third kappa shape index (κ3) is 3.98. The molecule has 0 aromatic heterocycles. The second-order valence-electron chi connectivity index (χ2n) is 5.85. The zero-order valence-corrected chi connectivity index (χ0v) is 16.3. The molecule has 0 saturated heterocycles. The van der Waals surface area contributed by atoms with Crippen molar-refractivity contribution < 1.29 is 14.7 Å². The number of fused-ring (bicyclic) bond motifs is 1. The van der Waals surface area contributed by atoms with E-state index >= 15 is 0 Å². The fourth-order valence-corrected chi connectivity index (χ4v) is 3.55. The Bertz CT molecular complexity index is 388. The van der Waals surface area contributed by atoms with Crippen LogP contribution in [0.5, 0.6) is 0 Å². The molecule has 0 spiro atoms. The van der Waals surface area contributed by atoms with E-state index in [1.807, 2.05) is 0 Å². The summed E-state index contributed by atoms with van der Waals surface area (Å²) in [6.07, 6.45) is 0. The molecule has 1 aromatic carbocycles. The van der Waals surface area contributed by atoms with Gasteiger partial charge in [-0.1, -0.05) is 47.5 Å². The molecule has 4 heteroatoms. The molecular formula is C15H23Cl3Ti. The van der Waals surface area contributed by atoms with Crippen LogP contribution in [0.4, 0.5) is 0 Å². The quantitative estimate of drug-likeness (QED) is 0.363. The molecule has 0 saturated carbocycles. The normalized spacial score (nSPS) is 29.3. The van der Waals surface area contributed by atoms with Gasteiger partial charge in [0.1, 0.15) is 0 Å². The van der Waals surface area contributed by atoms with E-state index in [1.54, 1.807) is 11.1 Å². The summed E-state index contributed by atoms with van der Waals surface area (Å²) in [5, 5.41) is 0. The van der Waals surface area contributed by atoms with E-state index in [0.29, 0.717) is 0 Å². The molecule has 0 aliphatic heterocycles. The average molecular weight is 358 g/mol.